The molecular formula is C10H15N3O3S. The van der Waals surface area contributed by atoms with Crippen molar-refractivity contribution in [2.45, 2.75) is 6.42 Å². The summed E-state index contributed by atoms with van der Waals surface area (Å²) in [6, 6.07) is 3.32. The summed E-state index contributed by atoms with van der Waals surface area (Å²) in [5.41, 5.74) is 6.58. The van der Waals surface area contributed by atoms with Gasteiger partial charge in [0.25, 0.3) is 0 Å². The maximum atomic E-state index is 11.4. The fraction of sp³-hybridized carbons (Fsp3) is 0.400. The minimum Gasteiger partial charge on any atom is -0.397 e. The SMILES string of the molecule is CS(=O)(=O)CCNC(=O)Cc1ccc(N)cn1. The summed E-state index contributed by atoms with van der Waals surface area (Å²) in [5, 5.41) is 2.51. The monoisotopic (exact) mass is 257 g/mol. The Labute approximate surface area is 100 Å². The quantitative estimate of drug-likeness (QED) is 0.731. The Bertz CT molecular complexity index is 482. The third-order valence-corrected chi connectivity index (χ3v) is 2.93. The number of hydrogen-bond donors (Lipinski definition) is 2. The van der Waals surface area contributed by atoms with Crippen LogP contribution in [-0.2, 0) is 21.1 Å². The van der Waals surface area contributed by atoms with Crippen LogP contribution >= 0.6 is 0 Å². The van der Waals surface area contributed by atoms with Crippen molar-refractivity contribution in [1.29, 1.82) is 0 Å². The average Bonchev–Trinajstić information content (AvgIpc) is 2.19. The molecule has 0 atom stereocenters. The Morgan fingerprint density at radius 2 is 2.18 bits per heavy atom. The van der Waals surface area contributed by atoms with E-state index < -0.39 is 9.84 Å². The Balaban J connectivity index is 2.37. The highest BCUT2D eigenvalue weighted by atomic mass is 32.2. The van der Waals surface area contributed by atoms with E-state index in [9.17, 15) is 13.2 Å². The molecule has 0 saturated carbocycles. The summed E-state index contributed by atoms with van der Waals surface area (Å²) in [7, 11) is -3.05. The number of nitrogen functional groups attached to an aromatic ring is 1. The van der Waals surface area contributed by atoms with Gasteiger partial charge in [-0.1, -0.05) is 0 Å². The predicted molar refractivity (Wildman–Crippen MR) is 65.1 cm³/mol. The average molecular weight is 257 g/mol. The molecule has 0 fully saturated rings. The van der Waals surface area contributed by atoms with Crippen LogP contribution in [0.4, 0.5) is 5.69 Å². The fourth-order valence-electron chi connectivity index (χ4n) is 1.14. The molecule has 0 aromatic carbocycles. The lowest BCUT2D eigenvalue weighted by Gasteiger charge is -2.04. The number of carbonyl (C=O) groups excluding carboxylic acids is 1. The lowest BCUT2D eigenvalue weighted by molar-refractivity contribution is -0.120. The van der Waals surface area contributed by atoms with E-state index in [0.717, 1.165) is 6.26 Å². The highest BCUT2D eigenvalue weighted by Gasteiger charge is 2.06. The predicted octanol–water partition coefficient (Wildman–Crippen LogP) is -0.633. The summed E-state index contributed by atoms with van der Waals surface area (Å²) in [5.74, 6) is -0.320. The topological polar surface area (TPSA) is 102 Å². The van der Waals surface area contributed by atoms with Gasteiger partial charge in [0.15, 0.2) is 0 Å². The molecule has 0 saturated heterocycles. The van der Waals surface area contributed by atoms with Gasteiger partial charge in [0.1, 0.15) is 9.84 Å². The van der Waals surface area contributed by atoms with Crippen molar-refractivity contribution in [1.82, 2.24) is 10.3 Å². The number of pyridine rings is 1. The molecule has 0 radical (unpaired) electrons. The van der Waals surface area contributed by atoms with Crippen LogP contribution in [-0.4, -0.2) is 37.9 Å². The van der Waals surface area contributed by atoms with Gasteiger partial charge >= 0.3 is 0 Å². The second-order valence-corrected chi connectivity index (χ2v) is 6.00. The Kier molecular flexibility index (Phi) is 4.45. The largest absolute Gasteiger partial charge is 0.397 e. The lowest BCUT2D eigenvalue weighted by atomic mass is 10.2. The zero-order valence-corrected chi connectivity index (χ0v) is 10.3. The second kappa shape index (κ2) is 5.62. The highest BCUT2D eigenvalue weighted by molar-refractivity contribution is 7.90. The molecule has 0 aliphatic rings. The van der Waals surface area contributed by atoms with Gasteiger partial charge in [-0.3, -0.25) is 9.78 Å². The van der Waals surface area contributed by atoms with Crippen LogP contribution in [0.15, 0.2) is 18.3 Å². The number of nitrogens with two attached hydrogens (primary N) is 1. The minimum absolute atomic E-state index is 0.0616. The van der Waals surface area contributed by atoms with E-state index in [1.54, 1.807) is 12.1 Å². The lowest BCUT2D eigenvalue weighted by Crippen LogP contribution is -2.30. The number of amides is 1. The van der Waals surface area contributed by atoms with Gasteiger partial charge in [0.05, 0.1) is 24.1 Å². The summed E-state index contributed by atoms with van der Waals surface area (Å²) >= 11 is 0. The van der Waals surface area contributed by atoms with E-state index in [2.05, 4.69) is 10.3 Å². The third kappa shape index (κ3) is 5.86. The first-order chi connectivity index (χ1) is 7.87. The molecule has 0 unspecified atom stereocenters. The maximum Gasteiger partial charge on any atom is 0.226 e. The summed E-state index contributed by atoms with van der Waals surface area (Å²) in [6.07, 6.45) is 2.71. The molecule has 1 amide bonds. The van der Waals surface area contributed by atoms with Crippen molar-refractivity contribution in [2.75, 3.05) is 24.3 Å². The molecule has 17 heavy (non-hydrogen) atoms. The van der Waals surface area contributed by atoms with Crippen LogP contribution in [0.1, 0.15) is 5.69 Å². The molecule has 0 aliphatic heterocycles. The van der Waals surface area contributed by atoms with Crippen molar-refractivity contribution >= 4 is 21.4 Å². The molecule has 1 rings (SSSR count). The molecule has 1 aromatic heterocycles. The first-order valence-electron chi connectivity index (χ1n) is 5.01. The first-order valence-corrected chi connectivity index (χ1v) is 7.08. The van der Waals surface area contributed by atoms with E-state index >= 15 is 0 Å². The van der Waals surface area contributed by atoms with E-state index in [1.165, 1.54) is 6.20 Å². The second-order valence-electron chi connectivity index (χ2n) is 3.74. The van der Waals surface area contributed by atoms with Crippen molar-refractivity contribution in [3.63, 3.8) is 0 Å². The van der Waals surface area contributed by atoms with Crippen molar-refractivity contribution in [3.05, 3.63) is 24.0 Å². The van der Waals surface area contributed by atoms with Crippen molar-refractivity contribution < 1.29 is 13.2 Å². The molecule has 1 aromatic rings. The maximum absolute atomic E-state index is 11.4. The number of rotatable bonds is 5. The van der Waals surface area contributed by atoms with Crippen molar-refractivity contribution in [2.24, 2.45) is 0 Å². The number of nitrogens with one attached hydrogen (secondary N) is 1. The van der Waals surface area contributed by atoms with Crippen LogP contribution in [0, 0.1) is 0 Å². The first kappa shape index (κ1) is 13.4. The highest BCUT2D eigenvalue weighted by Crippen LogP contribution is 2.01. The van der Waals surface area contributed by atoms with Gasteiger partial charge in [-0.15, -0.1) is 0 Å². The van der Waals surface area contributed by atoms with Crippen LogP contribution in [0.25, 0.3) is 0 Å². The molecule has 0 aliphatic carbocycles. The van der Waals surface area contributed by atoms with Gasteiger partial charge in [-0.05, 0) is 12.1 Å². The third-order valence-electron chi connectivity index (χ3n) is 1.98. The zero-order valence-electron chi connectivity index (χ0n) is 9.51. The number of hydrogen-bond acceptors (Lipinski definition) is 5. The molecule has 0 bridgehead atoms. The molecular weight excluding hydrogens is 242 g/mol. The summed E-state index contributed by atoms with van der Waals surface area (Å²) < 4.78 is 21.7. The Hall–Kier alpha value is -1.63. The van der Waals surface area contributed by atoms with E-state index in [4.69, 9.17) is 5.73 Å². The van der Waals surface area contributed by atoms with Gasteiger partial charge in [-0.25, -0.2) is 8.42 Å². The van der Waals surface area contributed by atoms with Gasteiger partial charge in [-0.2, -0.15) is 0 Å². The molecule has 3 N–H and O–H groups in total. The summed E-state index contributed by atoms with van der Waals surface area (Å²) in [6.45, 7) is 0.118. The minimum atomic E-state index is -3.05. The number of anilines is 1. The molecule has 0 spiro atoms. The van der Waals surface area contributed by atoms with E-state index in [0.29, 0.717) is 11.4 Å². The Morgan fingerprint density at radius 1 is 1.47 bits per heavy atom. The molecule has 94 valence electrons. The number of carbonyl (C=O) groups is 1. The van der Waals surface area contributed by atoms with E-state index in [1.807, 2.05) is 0 Å². The number of sulfone groups is 1. The van der Waals surface area contributed by atoms with Crippen LogP contribution < -0.4 is 11.1 Å². The zero-order chi connectivity index (χ0) is 12.9. The molecule has 1 heterocycles. The number of aromatic nitrogens is 1. The van der Waals surface area contributed by atoms with Crippen molar-refractivity contribution in [3.8, 4) is 0 Å². The summed E-state index contributed by atoms with van der Waals surface area (Å²) in [4.78, 5) is 15.4. The van der Waals surface area contributed by atoms with Crippen LogP contribution in [0.3, 0.4) is 0 Å². The van der Waals surface area contributed by atoms with Gasteiger partial charge in [0, 0.05) is 18.5 Å². The smallest absolute Gasteiger partial charge is 0.226 e. The van der Waals surface area contributed by atoms with Crippen LogP contribution in [0.5, 0.6) is 0 Å². The van der Waals surface area contributed by atoms with Gasteiger partial charge < -0.3 is 11.1 Å². The standard InChI is InChI=1S/C10H15N3O3S/c1-17(15,16)5-4-12-10(14)6-9-3-2-8(11)7-13-9/h2-3,7H,4-6,11H2,1H3,(H,12,14). The molecule has 6 nitrogen and oxygen atoms in total. The number of nitrogens with zero attached hydrogens (tertiary/aromatic N) is 1. The van der Waals surface area contributed by atoms with Crippen LogP contribution in [0.2, 0.25) is 0 Å². The van der Waals surface area contributed by atoms with E-state index in [-0.39, 0.29) is 24.6 Å². The van der Waals surface area contributed by atoms with Gasteiger partial charge in [0.2, 0.25) is 5.91 Å². The molecule has 7 heteroatoms. The Morgan fingerprint density at radius 3 is 2.71 bits per heavy atom. The fourth-order valence-corrected chi connectivity index (χ4v) is 1.62. The normalized spacial score (nSPS) is 11.1.